The standard InChI is InChI=1S/C39H47N3O6/c1-45-35(43)19-11-3-2-10-18-32-33(47-27-28-21-23-30(24-22-28)29-14-6-4-7-15-29)26-34(48-36-20-12-13-25-46-36)37(32)38(41-42-39(40)44)31-16-8-5-9-17-31/h2,4-10,14-17,21-24,32-34,36-37H,3,11-13,18-20,25-27H2,1H3,(H3,40,42,44)/t32-,33-,34+,36?,37+/m0/s1. The van der Waals surface area contributed by atoms with Crippen molar-refractivity contribution < 1.29 is 28.5 Å². The van der Waals surface area contributed by atoms with E-state index in [1.165, 1.54) is 12.7 Å². The van der Waals surface area contributed by atoms with Crippen LogP contribution >= 0.6 is 0 Å². The summed E-state index contributed by atoms with van der Waals surface area (Å²) in [5.41, 5.74) is 13.0. The summed E-state index contributed by atoms with van der Waals surface area (Å²) in [5, 5.41) is 4.59. The molecule has 0 spiro atoms. The molecule has 254 valence electrons. The molecular formula is C39H47N3O6. The van der Waals surface area contributed by atoms with Crippen molar-refractivity contribution in [2.45, 2.75) is 76.5 Å². The number of nitrogens with two attached hydrogens (primary N) is 1. The topological polar surface area (TPSA) is 121 Å². The van der Waals surface area contributed by atoms with Gasteiger partial charge in [-0.05, 0) is 66.7 Å². The summed E-state index contributed by atoms with van der Waals surface area (Å²) in [4.78, 5) is 23.5. The molecule has 9 heteroatoms. The van der Waals surface area contributed by atoms with Crippen molar-refractivity contribution in [1.29, 1.82) is 0 Å². The number of nitrogens with one attached hydrogen (secondary N) is 1. The molecule has 3 aromatic rings. The molecule has 1 unspecified atom stereocenters. The van der Waals surface area contributed by atoms with Crippen LogP contribution in [0.1, 0.15) is 62.5 Å². The fraction of sp³-hybridized carbons (Fsp3) is 0.410. The van der Waals surface area contributed by atoms with Gasteiger partial charge in [-0.3, -0.25) is 4.79 Å². The van der Waals surface area contributed by atoms with E-state index in [4.69, 9.17) is 24.7 Å². The number of esters is 1. The largest absolute Gasteiger partial charge is 0.469 e. The molecule has 2 fully saturated rings. The van der Waals surface area contributed by atoms with E-state index in [1.54, 1.807) is 0 Å². The Kier molecular flexibility index (Phi) is 13.3. The van der Waals surface area contributed by atoms with Crippen molar-refractivity contribution in [3.63, 3.8) is 0 Å². The van der Waals surface area contributed by atoms with Crippen LogP contribution in [0.3, 0.4) is 0 Å². The molecule has 9 nitrogen and oxygen atoms in total. The number of allylic oxidation sites excluding steroid dienone is 2. The molecule has 0 radical (unpaired) electrons. The van der Waals surface area contributed by atoms with Gasteiger partial charge in [-0.25, -0.2) is 10.2 Å². The van der Waals surface area contributed by atoms with Crippen molar-refractivity contribution in [2.75, 3.05) is 13.7 Å². The summed E-state index contributed by atoms with van der Waals surface area (Å²) < 4.78 is 24.3. The Balaban J connectivity index is 1.41. The van der Waals surface area contributed by atoms with Gasteiger partial charge in [0.2, 0.25) is 0 Å². The number of ether oxygens (including phenoxy) is 4. The highest BCUT2D eigenvalue weighted by Crippen LogP contribution is 2.42. The Hall–Kier alpha value is -4.31. The number of amides is 2. The lowest BCUT2D eigenvalue weighted by atomic mass is 9.83. The predicted molar refractivity (Wildman–Crippen MR) is 186 cm³/mol. The van der Waals surface area contributed by atoms with Crippen LogP contribution in [-0.2, 0) is 30.3 Å². The van der Waals surface area contributed by atoms with Gasteiger partial charge in [0.05, 0.1) is 31.6 Å². The summed E-state index contributed by atoms with van der Waals surface area (Å²) >= 11 is 0. The molecule has 2 amide bonds. The Morgan fingerprint density at radius 2 is 1.67 bits per heavy atom. The van der Waals surface area contributed by atoms with Crippen molar-refractivity contribution in [1.82, 2.24) is 5.43 Å². The third-order valence-corrected chi connectivity index (χ3v) is 9.02. The van der Waals surface area contributed by atoms with Crippen LogP contribution < -0.4 is 11.2 Å². The van der Waals surface area contributed by atoms with E-state index in [2.05, 4.69) is 59.1 Å². The smallest absolute Gasteiger partial charge is 0.332 e. The van der Waals surface area contributed by atoms with E-state index in [0.29, 0.717) is 44.6 Å². The molecule has 3 aromatic carbocycles. The van der Waals surface area contributed by atoms with E-state index in [-0.39, 0.29) is 36.3 Å². The van der Waals surface area contributed by atoms with E-state index in [0.717, 1.165) is 42.4 Å². The van der Waals surface area contributed by atoms with Crippen molar-refractivity contribution in [2.24, 2.45) is 22.7 Å². The third-order valence-electron chi connectivity index (χ3n) is 9.02. The van der Waals surface area contributed by atoms with Gasteiger partial charge in [0.15, 0.2) is 6.29 Å². The molecule has 1 heterocycles. The number of carbonyl (C=O) groups is 2. The second-order valence-corrected chi connectivity index (χ2v) is 12.3. The van der Waals surface area contributed by atoms with E-state index in [1.807, 2.05) is 48.5 Å². The van der Waals surface area contributed by atoms with Crippen LogP contribution in [0, 0.1) is 11.8 Å². The highest BCUT2D eigenvalue weighted by atomic mass is 16.7. The number of unbranched alkanes of at least 4 members (excludes halogenated alkanes) is 1. The van der Waals surface area contributed by atoms with Crippen LogP contribution in [0.4, 0.5) is 4.79 Å². The highest BCUT2D eigenvalue weighted by Gasteiger charge is 2.48. The van der Waals surface area contributed by atoms with Crippen LogP contribution in [0.5, 0.6) is 0 Å². The summed E-state index contributed by atoms with van der Waals surface area (Å²) in [6, 6.07) is 27.9. The normalized spacial score (nSPS) is 22.9. The first kappa shape index (κ1) is 35.0. The SMILES string of the molecule is COC(=O)CCCC=CC[C@@H]1[C@@H](C(=NNC(N)=O)c2ccccc2)[C@H](OC2CCCCO2)C[C@@H]1OCc1ccc(-c2ccccc2)cc1. The van der Waals surface area contributed by atoms with Gasteiger partial charge >= 0.3 is 12.0 Å². The number of carbonyl (C=O) groups excluding carboxylic acids is 2. The molecule has 1 aliphatic heterocycles. The third kappa shape index (κ3) is 10.1. The lowest BCUT2D eigenvalue weighted by molar-refractivity contribution is -0.192. The van der Waals surface area contributed by atoms with Gasteiger partial charge in [0, 0.05) is 25.4 Å². The number of rotatable bonds is 15. The molecule has 0 bridgehead atoms. The first-order chi connectivity index (χ1) is 23.5. The van der Waals surface area contributed by atoms with Gasteiger partial charge in [-0.2, -0.15) is 5.10 Å². The van der Waals surface area contributed by atoms with Crippen LogP contribution in [0.25, 0.3) is 11.1 Å². The summed E-state index contributed by atoms with van der Waals surface area (Å²) in [6.07, 6.45) is 9.56. The molecule has 2 aliphatic rings. The maximum Gasteiger partial charge on any atom is 0.332 e. The first-order valence-electron chi connectivity index (χ1n) is 16.9. The van der Waals surface area contributed by atoms with Gasteiger partial charge in [-0.15, -0.1) is 0 Å². The zero-order valence-electron chi connectivity index (χ0n) is 27.7. The molecule has 5 atom stereocenters. The van der Waals surface area contributed by atoms with Crippen molar-refractivity contribution in [3.05, 3.63) is 108 Å². The maximum atomic E-state index is 11.9. The number of hydrazone groups is 1. The summed E-state index contributed by atoms with van der Waals surface area (Å²) in [6.45, 7) is 1.11. The average molecular weight is 654 g/mol. The molecular weight excluding hydrogens is 606 g/mol. The molecule has 5 rings (SSSR count). The number of hydrogen-bond acceptors (Lipinski definition) is 7. The zero-order valence-corrected chi connectivity index (χ0v) is 27.7. The van der Waals surface area contributed by atoms with Crippen LogP contribution in [0.2, 0.25) is 0 Å². The fourth-order valence-corrected chi connectivity index (χ4v) is 6.60. The molecule has 1 saturated carbocycles. The van der Waals surface area contributed by atoms with E-state index < -0.39 is 6.03 Å². The number of nitrogens with zero attached hydrogens (tertiary/aromatic N) is 1. The monoisotopic (exact) mass is 653 g/mol. The van der Waals surface area contributed by atoms with Crippen LogP contribution in [0.15, 0.2) is 102 Å². The van der Waals surface area contributed by atoms with Crippen molar-refractivity contribution >= 4 is 17.7 Å². The number of primary amides is 1. The second kappa shape index (κ2) is 18.3. The van der Waals surface area contributed by atoms with Gasteiger partial charge < -0.3 is 24.7 Å². The minimum absolute atomic E-state index is 0.0346. The number of hydrogen-bond donors (Lipinski definition) is 2. The minimum atomic E-state index is -0.733. The lowest BCUT2D eigenvalue weighted by Crippen LogP contribution is -2.37. The van der Waals surface area contributed by atoms with Gasteiger partial charge in [0.1, 0.15) is 0 Å². The zero-order chi connectivity index (χ0) is 33.6. The highest BCUT2D eigenvalue weighted by molar-refractivity contribution is 6.03. The minimum Gasteiger partial charge on any atom is -0.469 e. The summed E-state index contributed by atoms with van der Waals surface area (Å²) in [5.74, 6) is -0.470. The average Bonchev–Trinajstić information content (AvgIpc) is 3.46. The van der Waals surface area contributed by atoms with Crippen molar-refractivity contribution in [3.8, 4) is 11.1 Å². The lowest BCUT2D eigenvalue weighted by Gasteiger charge is -2.31. The molecule has 1 aliphatic carbocycles. The quantitative estimate of drug-likeness (QED) is 0.0591. The van der Waals surface area contributed by atoms with Gasteiger partial charge in [0.25, 0.3) is 0 Å². The van der Waals surface area contributed by atoms with E-state index in [9.17, 15) is 9.59 Å². The molecule has 48 heavy (non-hydrogen) atoms. The fourth-order valence-electron chi connectivity index (χ4n) is 6.60. The molecule has 1 saturated heterocycles. The predicted octanol–water partition coefficient (Wildman–Crippen LogP) is 7.15. The number of urea groups is 1. The summed E-state index contributed by atoms with van der Waals surface area (Å²) in [7, 11) is 1.41. The Bertz CT molecular complexity index is 1490. The maximum absolute atomic E-state index is 11.9. The van der Waals surface area contributed by atoms with Crippen LogP contribution in [-0.4, -0.2) is 49.9 Å². The molecule has 3 N–H and O–H groups in total. The van der Waals surface area contributed by atoms with Gasteiger partial charge in [-0.1, -0.05) is 97.1 Å². The number of methoxy groups -OCH3 is 1. The number of benzene rings is 3. The first-order valence-corrected chi connectivity index (χ1v) is 16.9. The Labute approximate surface area is 283 Å². The molecule has 0 aromatic heterocycles. The second-order valence-electron chi connectivity index (χ2n) is 12.3. The Morgan fingerprint density at radius 3 is 2.35 bits per heavy atom. The Morgan fingerprint density at radius 1 is 0.938 bits per heavy atom. The van der Waals surface area contributed by atoms with E-state index >= 15 is 0 Å².